The third kappa shape index (κ3) is 3.89. The Hall–Kier alpha value is -1.92. The lowest BCUT2D eigenvalue weighted by atomic mass is 9.97. The molecule has 3 rings (SSSR count). The molecular formula is C16H18ClN3O3. The van der Waals surface area contributed by atoms with Gasteiger partial charge in [-0.25, -0.2) is 0 Å². The monoisotopic (exact) mass is 335 g/mol. The van der Waals surface area contributed by atoms with Crippen molar-refractivity contribution in [3.63, 3.8) is 0 Å². The summed E-state index contributed by atoms with van der Waals surface area (Å²) in [5.74, 6) is 0.982. The van der Waals surface area contributed by atoms with E-state index < -0.39 is 0 Å². The second kappa shape index (κ2) is 7.10. The molecule has 0 spiro atoms. The summed E-state index contributed by atoms with van der Waals surface area (Å²) in [4.78, 5) is 18.1. The number of aromatic nitrogens is 2. The van der Waals surface area contributed by atoms with E-state index >= 15 is 0 Å². The molecule has 122 valence electrons. The first-order valence-electron chi connectivity index (χ1n) is 7.54. The second-order valence-corrected chi connectivity index (χ2v) is 6.03. The van der Waals surface area contributed by atoms with Gasteiger partial charge in [0.2, 0.25) is 11.7 Å². The molecule has 0 amide bonds. The van der Waals surface area contributed by atoms with Crippen LogP contribution < -0.4 is 0 Å². The van der Waals surface area contributed by atoms with Crippen molar-refractivity contribution in [2.45, 2.75) is 19.4 Å². The molecule has 0 atom stereocenters. The maximum atomic E-state index is 11.5. The third-order valence-corrected chi connectivity index (χ3v) is 4.27. The second-order valence-electron chi connectivity index (χ2n) is 5.60. The topological polar surface area (TPSA) is 68.5 Å². The number of hydrogen-bond donors (Lipinski definition) is 0. The number of benzene rings is 1. The average molecular weight is 336 g/mol. The van der Waals surface area contributed by atoms with Crippen molar-refractivity contribution in [3.05, 3.63) is 35.2 Å². The van der Waals surface area contributed by atoms with Gasteiger partial charge in [0.1, 0.15) is 0 Å². The summed E-state index contributed by atoms with van der Waals surface area (Å²) in [5.41, 5.74) is 0.830. The van der Waals surface area contributed by atoms with Gasteiger partial charge < -0.3 is 9.26 Å². The number of carbonyl (C=O) groups excluding carboxylic acids is 1. The molecule has 1 saturated heterocycles. The SMILES string of the molecule is COC(=O)C1CCN(Cc2nc(-c3cccc(Cl)c3)no2)CC1. The molecule has 2 aromatic rings. The Morgan fingerprint density at radius 1 is 1.43 bits per heavy atom. The van der Waals surface area contributed by atoms with Crippen molar-refractivity contribution >= 4 is 17.6 Å². The Labute approximate surface area is 139 Å². The highest BCUT2D eigenvalue weighted by molar-refractivity contribution is 6.30. The van der Waals surface area contributed by atoms with Crippen molar-refractivity contribution in [3.8, 4) is 11.4 Å². The highest BCUT2D eigenvalue weighted by Crippen LogP contribution is 2.22. The van der Waals surface area contributed by atoms with Crippen LogP contribution in [0, 0.1) is 5.92 Å². The Morgan fingerprint density at radius 3 is 2.91 bits per heavy atom. The van der Waals surface area contributed by atoms with Crippen molar-refractivity contribution in [2.24, 2.45) is 5.92 Å². The van der Waals surface area contributed by atoms with Gasteiger partial charge in [-0.3, -0.25) is 9.69 Å². The lowest BCUT2D eigenvalue weighted by Crippen LogP contribution is -2.36. The number of likely N-dealkylation sites (tertiary alicyclic amines) is 1. The molecule has 0 bridgehead atoms. The maximum absolute atomic E-state index is 11.5. The smallest absolute Gasteiger partial charge is 0.308 e. The van der Waals surface area contributed by atoms with Gasteiger partial charge in [0.05, 0.1) is 19.6 Å². The van der Waals surface area contributed by atoms with Gasteiger partial charge in [0, 0.05) is 10.6 Å². The van der Waals surface area contributed by atoms with Crippen molar-refractivity contribution in [2.75, 3.05) is 20.2 Å². The van der Waals surface area contributed by atoms with Crippen molar-refractivity contribution in [1.29, 1.82) is 0 Å². The zero-order valence-electron chi connectivity index (χ0n) is 12.9. The van der Waals surface area contributed by atoms with Crippen LogP contribution in [-0.2, 0) is 16.1 Å². The zero-order valence-corrected chi connectivity index (χ0v) is 13.6. The number of halogens is 1. The molecule has 1 aromatic heterocycles. The van der Waals surface area contributed by atoms with Crippen LogP contribution in [0.4, 0.5) is 0 Å². The van der Waals surface area contributed by atoms with Crippen molar-refractivity contribution in [1.82, 2.24) is 15.0 Å². The molecule has 23 heavy (non-hydrogen) atoms. The van der Waals surface area contributed by atoms with Crippen LogP contribution in [0.25, 0.3) is 11.4 Å². The summed E-state index contributed by atoms with van der Waals surface area (Å²) in [5, 5.41) is 4.64. The molecule has 0 radical (unpaired) electrons. The van der Waals surface area contributed by atoms with E-state index in [1.54, 1.807) is 12.1 Å². The minimum Gasteiger partial charge on any atom is -0.469 e. The Bertz CT molecular complexity index is 681. The van der Waals surface area contributed by atoms with E-state index in [0.29, 0.717) is 23.3 Å². The quantitative estimate of drug-likeness (QED) is 0.800. The van der Waals surface area contributed by atoms with E-state index in [0.717, 1.165) is 31.5 Å². The first-order chi connectivity index (χ1) is 11.2. The van der Waals surface area contributed by atoms with Crippen LogP contribution in [0.1, 0.15) is 18.7 Å². The molecule has 0 aliphatic carbocycles. The summed E-state index contributed by atoms with van der Waals surface area (Å²) < 4.78 is 10.1. The Morgan fingerprint density at radius 2 is 2.22 bits per heavy atom. The summed E-state index contributed by atoms with van der Waals surface area (Å²) in [6.45, 7) is 2.21. The predicted molar refractivity (Wildman–Crippen MR) is 84.8 cm³/mol. The summed E-state index contributed by atoms with van der Waals surface area (Å²) in [7, 11) is 1.44. The number of esters is 1. The van der Waals surface area contributed by atoms with Crippen LogP contribution >= 0.6 is 11.6 Å². The van der Waals surface area contributed by atoms with Gasteiger partial charge in [0.15, 0.2) is 0 Å². The fourth-order valence-electron chi connectivity index (χ4n) is 2.75. The standard InChI is InChI=1S/C16H18ClN3O3/c1-22-16(21)11-5-7-20(8-6-11)10-14-18-15(19-23-14)12-3-2-4-13(17)9-12/h2-4,9,11H,5-8,10H2,1H3. The molecule has 1 fully saturated rings. The molecule has 1 aliphatic rings. The lowest BCUT2D eigenvalue weighted by Gasteiger charge is -2.29. The molecule has 6 nitrogen and oxygen atoms in total. The van der Waals surface area contributed by atoms with Crippen LogP contribution in [0.3, 0.4) is 0 Å². The van der Waals surface area contributed by atoms with Gasteiger partial charge in [-0.2, -0.15) is 4.98 Å². The summed E-state index contributed by atoms with van der Waals surface area (Å²) in [6, 6.07) is 7.35. The van der Waals surface area contributed by atoms with Gasteiger partial charge in [-0.1, -0.05) is 28.9 Å². The Kier molecular flexibility index (Phi) is 4.93. The van der Waals surface area contributed by atoms with E-state index in [-0.39, 0.29) is 11.9 Å². The number of piperidine rings is 1. The first-order valence-corrected chi connectivity index (χ1v) is 7.92. The maximum Gasteiger partial charge on any atom is 0.308 e. The minimum atomic E-state index is -0.120. The number of hydrogen-bond acceptors (Lipinski definition) is 6. The highest BCUT2D eigenvalue weighted by Gasteiger charge is 2.26. The van der Waals surface area contributed by atoms with Gasteiger partial charge in [0.25, 0.3) is 0 Å². The fourth-order valence-corrected chi connectivity index (χ4v) is 2.94. The van der Waals surface area contributed by atoms with Gasteiger partial charge >= 0.3 is 5.97 Å². The van der Waals surface area contributed by atoms with Gasteiger partial charge in [-0.05, 0) is 38.1 Å². The van der Waals surface area contributed by atoms with Crippen LogP contribution in [0.2, 0.25) is 5.02 Å². The molecule has 1 aromatic carbocycles. The van der Waals surface area contributed by atoms with Crippen molar-refractivity contribution < 1.29 is 14.1 Å². The number of ether oxygens (including phenoxy) is 1. The summed E-state index contributed by atoms with van der Waals surface area (Å²) in [6.07, 6.45) is 1.59. The molecule has 0 N–H and O–H groups in total. The fraction of sp³-hybridized carbons (Fsp3) is 0.438. The van der Waals surface area contributed by atoms with E-state index in [4.69, 9.17) is 20.9 Å². The number of rotatable bonds is 4. The number of methoxy groups -OCH3 is 1. The average Bonchev–Trinajstić information content (AvgIpc) is 3.03. The number of nitrogens with zero attached hydrogens (tertiary/aromatic N) is 3. The normalized spacial score (nSPS) is 16.4. The number of carbonyl (C=O) groups is 1. The molecule has 1 aliphatic heterocycles. The molecule has 0 unspecified atom stereocenters. The van der Waals surface area contributed by atoms with E-state index in [9.17, 15) is 4.79 Å². The van der Waals surface area contributed by atoms with E-state index in [1.807, 2.05) is 12.1 Å². The zero-order chi connectivity index (χ0) is 16.2. The highest BCUT2D eigenvalue weighted by atomic mass is 35.5. The van der Waals surface area contributed by atoms with Crippen LogP contribution in [-0.4, -0.2) is 41.2 Å². The summed E-state index contributed by atoms with van der Waals surface area (Å²) >= 11 is 5.98. The molecule has 2 heterocycles. The third-order valence-electron chi connectivity index (χ3n) is 4.03. The van der Waals surface area contributed by atoms with Crippen LogP contribution in [0.15, 0.2) is 28.8 Å². The predicted octanol–water partition coefficient (Wildman–Crippen LogP) is 2.78. The minimum absolute atomic E-state index is 0.000886. The molecule has 7 heteroatoms. The molecule has 0 saturated carbocycles. The largest absolute Gasteiger partial charge is 0.469 e. The Balaban J connectivity index is 1.59. The van der Waals surface area contributed by atoms with Crippen LogP contribution in [0.5, 0.6) is 0 Å². The lowest BCUT2D eigenvalue weighted by molar-refractivity contribution is -0.147. The molecular weight excluding hydrogens is 318 g/mol. The van der Waals surface area contributed by atoms with E-state index in [2.05, 4.69) is 15.0 Å². The first kappa shape index (κ1) is 16.0. The van der Waals surface area contributed by atoms with Gasteiger partial charge in [-0.15, -0.1) is 0 Å². The van der Waals surface area contributed by atoms with E-state index in [1.165, 1.54) is 7.11 Å².